The molecule has 21 heavy (non-hydrogen) atoms. The maximum atomic E-state index is 12.1. The summed E-state index contributed by atoms with van der Waals surface area (Å²) in [5.74, 6) is 0.0429. The van der Waals surface area contributed by atoms with E-state index in [1.165, 1.54) is 16.2 Å². The van der Waals surface area contributed by atoms with Gasteiger partial charge in [0, 0.05) is 17.0 Å². The third kappa shape index (κ3) is 4.06. The number of nitrogens with one attached hydrogen (secondary N) is 1. The molecule has 0 fully saturated rings. The predicted octanol–water partition coefficient (Wildman–Crippen LogP) is 2.85. The van der Waals surface area contributed by atoms with E-state index in [9.17, 15) is 4.79 Å². The first-order valence-corrected chi connectivity index (χ1v) is 7.39. The van der Waals surface area contributed by atoms with Crippen LogP contribution in [0.15, 0.2) is 41.6 Å². The Labute approximate surface area is 127 Å². The SMILES string of the molecule is CCc1ccc(C(=O)Nc2ccc(CC(N)=NO)cc2)s1. The van der Waals surface area contributed by atoms with Crippen LogP contribution in [0.5, 0.6) is 0 Å². The van der Waals surface area contributed by atoms with E-state index in [2.05, 4.69) is 17.4 Å². The molecule has 4 N–H and O–H groups in total. The van der Waals surface area contributed by atoms with E-state index in [0.717, 1.165) is 17.7 Å². The van der Waals surface area contributed by atoms with Crippen molar-refractivity contribution in [2.75, 3.05) is 5.32 Å². The normalized spacial score (nSPS) is 11.4. The molecular formula is C15H17N3O2S. The number of thiophene rings is 1. The predicted molar refractivity (Wildman–Crippen MR) is 85.2 cm³/mol. The Balaban J connectivity index is 2.01. The number of carbonyl (C=O) groups is 1. The fraction of sp³-hybridized carbons (Fsp3) is 0.200. The molecule has 0 aliphatic heterocycles. The Morgan fingerprint density at radius 3 is 2.57 bits per heavy atom. The van der Waals surface area contributed by atoms with Crippen LogP contribution in [0.25, 0.3) is 0 Å². The number of nitrogens with two attached hydrogens (primary N) is 1. The summed E-state index contributed by atoms with van der Waals surface area (Å²) in [6.45, 7) is 2.06. The third-order valence-electron chi connectivity index (χ3n) is 2.96. The van der Waals surface area contributed by atoms with Gasteiger partial charge in [-0.3, -0.25) is 4.79 Å². The number of amides is 1. The van der Waals surface area contributed by atoms with Gasteiger partial charge in [-0.15, -0.1) is 11.3 Å². The first kappa shape index (κ1) is 15.1. The van der Waals surface area contributed by atoms with Gasteiger partial charge >= 0.3 is 0 Å². The maximum Gasteiger partial charge on any atom is 0.265 e. The molecule has 0 saturated carbocycles. The van der Waals surface area contributed by atoms with Gasteiger partial charge in [-0.1, -0.05) is 24.2 Å². The van der Waals surface area contributed by atoms with Crippen LogP contribution in [-0.4, -0.2) is 17.0 Å². The molecule has 5 nitrogen and oxygen atoms in total. The van der Waals surface area contributed by atoms with Gasteiger partial charge in [-0.25, -0.2) is 0 Å². The van der Waals surface area contributed by atoms with Crippen molar-refractivity contribution in [3.63, 3.8) is 0 Å². The molecule has 0 aliphatic rings. The van der Waals surface area contributed by atoms with Crippen molar-refractivity contribution in [2.45, 2.75) is 19.8 Å². The van der Waals surface area contributed by atoms with E-state index in [0.29, 0.717) is 11.3 Å². The van der Waals surface area contributed by atoms with Crippen LogP contribution in [0.1, 0.15) is 27.0 Å². The number of benzene rings is 1. The van der Waals surface area contributed by atoms with Crippen LogP contribution in [0.3, 0.4) is 0 Å². The topological polar surface area (TPSA) is 87.7 Å². The Morgan fingerprint density at radius 1 is 1.29 bits per heavy atom. The lowest BCUT2D eigenvalue weighted by Gasteiger charge is -2.05. The van der Waals surface area contributed by atoms with Crippen molar-refractivity contribution in [3.05, 3.63) is 51.7 Å². The summed E-state index contributed by atoms with van der Waals surface area (Å²) in [7, 11) is 0. The number of amidine groups is 1. The van der Waals surface area contributed by atoms with Crippen LogP contribution in [0, 0.1) is 0 Å². The highest BCUT2D eigenvalue weighted by atomic mass is 32.1. The molecule has 1 heterocycles. The first-order valence-electron chi connectivity index (χ1n) is 6.57. The minimum absolute atomic E-state index is 0.108. The van der Waals surface area contributed by atoms with Crippen molar-refractivity contribution >= 4 is 28.8 Å². The summed E-state index contributed by atoms with van der Waals surface area (Å²) in [6.07, 6.45) is 1.30. The number of carbonyl (C=O) groups excluding carboxylic acids is 1. The van der Waals surface area contributed by atoms with E-state index in [1.54, 1.807) is 12.1 Å². The molecule has 0 radical (unpaired) electrons. The zero-order valence-electron chi connectivity index (χ0n) is 11.7. The number of anilines is 1. The quantitative estimate of drug-likeness (QED) is 0.343. The van der Waals surface area contributed by atoms with Crippen LogP contribution < -0.4 is 11.1 Å². The van der Waals surface area contributed by atoms with Gasteiger partial charge < -0.3 is 16.3 Å². The second-order valence-corrected chi connectivity index (χ2v) is 5.71. The lowest BCUT2D eigenvalue weighted by molar-refractivity contribution is 0.103. The molecule has 110 valence electrons. The van der Waals surface area contributed by atoms with E-state index in [4.69, 9.17) is 10.9 Å². The van der Waals surface area contributed by atoms with Crippen molar-refractivity contribution < 1.29 is 10.0 Å². The first-order chi connectivity index (χ1) is 10.1. The summed E-state index contributed by atoms with van der Waals surface area (Å²) in [4.78, 5) is 14.0. The summed E-state index contributed by atoms with van der Waals surface area (Å²) in [5.41, 5.74) is 7.07. The molecular weight excluding hydrogens is 286 g/mol. The van der Waals surface area contributed by atoms with Gasteiger partial charge in [-0.05, 0) is 36.2 Å². The Bertz CT molecular complexity index is 647. The lowest BCUT2D eigenvalue weighted by atomic mass is 10.1. The van der Waals surface area contributed by atoms with E-state index in [1.807, 2.05) is 24.3 Å². The van der Waals surface area contributed by atoms with Gasteiger partial charge in [-0.2, -0.15) is 0 Å². The molecule has 1 aromatic carbocycles. The Hall–Kier alpha value is -2.34. The van der Waals surface area contributed by atoms with E-state index in [-0.39, 0.29) is 11.7 Å². The van der Waals surface area contributed by atoms with Gasteiger partial charge in [0.25, 0.3) is 5.91 Å². The zero-order chi connectivity index (χ0) is 15.2. The monoisotopic (exact) mass is 303 g/mol. The largest absolute Gasteiger partial charge is 0.409 e. The van der Waals surface area contributed by atoms with Crippen molar-refractivity contribution in [2.24, 2.45) is 10.9 Å². The molecule has 6 heteroatoms. The highest BCUT2D eigenvalue weighted by molar-refractivity contribution is 7.14. The highest BCUT2D eigenvalue weighted by Crippen LogP contribution is 2.19. The zero-order valence-corrected chi connectivity index (χ0v) is 12.5. The van der Waals surface area contributed by atoms with Crippen LogP contribution in [0.2, 0.25) is 0 Å². The molecule has 0 saturated heterocycles. The average molecular weight is 303 g/mol. The second kappa shape index (κ2) is 6.90. The van der Waals surface area contributed by atoms with Gasteiger partial charge in [0.05, 0.1) is 4.88 Å². The second-order valence-electron chi connectivity index (χ2n) is 4.54. The van der Waals surface area contributed by atoms with Crippen LogP contribution >= 0.6 is 11.3 Å². The molecule has 0 atom stereocenters. The molecule has 0 unspecified atom stereocenters. The van der Waals surface area contributed by atoms with Gasteiger partial charge in [0.2, 0.25) is 0 Å². The van der Waals surface area contributed by atoms with Crippen LogP contribution in [0.4, 0.5) is 5.69 Å². The average Bonchev–Trinajstić information content (AvgIpc) is 2.98. The summed E-state index contributed by atoms with van der Waals surface area (Å²) < 4.78 is 0. The van der Waals surface area contributed by atoms with Crippen molar-refractivity contribution in [3.8, 4) is 0 Å². The minimum Gasteiger partial charge on any atom is -0.409 e. The summed E-state index contributed by atoms with van der Waals surface area (Å²) in [6, 6.07) is 11.1. The smallest absolute Gasteiger partial charge is 0.265 e. The molecule has 1 aromatic heterocycles. The molecule has 0 spiro atoms. The minimum atomic E-state index is -0.108. The molecule has 1 amide bonds. The number of hydrogen-bond donors (Lipinski definition) is 3. The van der Waals surface area contributed by atoms with E-state index >= 15 is 0 Å². The molecule has 0 aliphatic carbocycles. The number of hydrogen-bond acceptors (Lipinski definition) is 4. The fourth-order valence-corrected chi connectivity index (χ4v) is 2.68. The van der Waals surface area contributed by atoms with Gasteiger partial charge in [0.1, 0.15) is 5.84 Å². The Morgan fingerprint density at radius 2 is 2.00 bits per heavy atom. The molecule has 0 bridgehead atoms. The fourth-order valence-electron chi connectivity index (χ4n) is 1.83. The summed E-state index contributed by atoms with van der Waals surface area (Å²) >= 11 is 1.50. The molecule has 2 rings (SSSR count). The summed E-state index contributed by atoms with van der Waals surface area (Å²) in [5, 5.41) is 14.3. The van der Waals surface area contributed by atoms with E-state index < -0.39 is 0 Å². The van der Waals surface area contributed by atoms with Crippen molar-refractivity contribution in [1.82, 2.24) is 0 Å². The lowest BCUT2D eigenvalue weighted by Crippen LogP contribution is -2.14. The van der Waals surface area contributed by atoms with Crippen molar-refractivity contribution in [1.29, 1.82) is 0 Å². The number of oxime groups is 1. The third-order valence-corrected chi connectivity index (χ3v) is 4.19. The standard InChI is InChI=1S/C15H17N3O2S/c1-2-12-7-8-13(21-12)15(19)17-11-5-3-10(4-6-11)9-14(16)18-20/h3-8,20H,2,9H2,1H3,(H2,16,18)(H,17,19). The molecule has 2 aromatic rings. The Kier molecular flexibility index (Phi) is 4.94. The number of rotatable bonds is 5. The maximum absolute atomic E-state index is 12.1. The number of aryl methyl sites for hydroxylation is 1. The highest BCUT2D eigenvalue weighted by Gasteiger charge is 2.09. The van der Waals surface area contributed by atoms with Crippen LogP contribution in [-0.2, 0) is 12.8 Å². The number of nitrogens with zero attached hydrogens (tertiary/aromatic N) is 1. The van der Waals surface area contributed by atoms with Gasteiger partial charge in [0.15, 0.2) is 0 Å².